The minimum Gasteiger partial charge on any atom is -0.396 e. The van der Waals surface area contributed by atoms with Crippen molar-refractivity contribution in [2.45, 2.75) is 58.5 Å². The maximum Gasteiger partial charge on any atom is 0.131 e. The van der Waals surface area contributed by atoms with Crippen molar-refractivity contribution in [1.29, 1.82) is 0 Å². The van der Waals surface area contributed by atoms with E-state index in [9.17, 15) is 0 Å². The molecular formula is C26H34ClN3OS2. The molecule has 1 aliphatic rings. The number of nitrogens with zero attached hydrogens (tertiary/aromatic N) is 2. The molecule has 0 saturated carbocycles. The van der Waals surface area contributed by atoms with Crippen LogP contribution in [0.25, 0.3) is 10.2 Å². The number of hydrogen-bond donors (Lipinski definition) is 2. The lowest BCUT2D eigenvalue weighted by Crippen LogP contribution is -2.19. The van der Waals surface area contributed by atoms with Gasteiger partial charge in [0.2, 0.25) is 0 Å². The Morgan fingerprint density at radius 1 is 1.30 bits per heavy atom. The van der Waals surface area contributed by atoms with E-state index in [1.807, 2.05) is 25.3 Å². The molecule has 0 fully saturated rings. The van der Waals surface area contributed by atoms with Crippen LogP contribution in [0.2, 0.25) is 5.15 Å². The molecule has 0 spiro atoms. The number of unbranched alkanes of at least 4 members (excludes halogenated alkanes) is 1. The molecule has 33 heavy (non-hydrogen) atoms. The zero-order valence-corrected chi connectivity index (χ0v) is 22.1. The highest BCUT2D eigenvalue weighted by molar-refractivity contribution is 7.18. The summed E-state index contributed by atoms with van der Waals surface area (Å²) in [5.74, 6) is 6.24. The van der Waals surface area contributed by atoms with Crippen LogP contribution in [0.3, 0.4) is 0 Å². The molecule has 0 bridgehead atoms. The van der Waals surface area contributed by atoms with E-state index in [2.05, 4.69) is 58.4 Å². The topological polar surface area (TPSA) is 62.4 Å². The molecule has 3 aromatic rings. The zero-order chi connectivity index (χ0) is 24.1. The molecule has 0 amide bonds. The monoisotopic (exact) mass is 503 g/mol. The number of fused-ring (bicyclic) bond motifs is 1. The second-order valence-corrected chi connectivity index (χ2v) is 9.70. The van der Waals surface area contributed by atoms with Gasteiger partial charge in [-0.25, -0.2) is 4.98 Å². The summed E-state index contributed by atoms with van der Waals surface area (Å²) in [5, 5.41) is 13.4. The first-order chi connectivity index (χ1) is 16.1. The quantitative estimate of drug-likeness (QED) is 0.173. The molecule has 1 unspecified atom stereocenters. The number of anilines is 1. The van der Waals surface area contributed by atoms with Crippen LogP contribution in [-0.2, 0) is 6.54 Å². The van der Waals surface area contributed by atoms with Crippen molar-refractivity contribution < 1.29 is 5.11 Å². The van der Waals surface area contributed by atoms with Crippen LogP contribution in [-0.4, -0.2) is 29.8 Å². The normalized spacial score (nSPS) is 14.4. The Morgan fingerprint density at radius 2 is 2.12 bits per heavy atom. The summed E-state index contributed by atoms with van der Waals surface area (Å²) in [7, 11) is 2.07. The maximum absolute atomic E-state index is 8.83. The maximum atomic E-state index is 8.83. The average Bonchev–Trinajstić information content (AvgIpc) is 3.48. The first-order valence-electron chi connectivity index (χ1n) is 11.4. The number of pyridine rings is 1. The number of aliphatic hydroxyl groups excluding tert-OH is 1. The van der Waals surface area contributed by atoms with E-state index in [-0.39, 0.29) is 6.61 Å². The third-order valence-corrected chi connectivity index (χ3v) is 6.90. The molecule has 3 N–H and O–H groups in total. The van der Waals surface area contributed by atoms with E-state index in [1.54, 1.807) is 22.7 Å². The first-order valence-corrected chi connectivity index (χ1v) is 13.5. The molecule has 7 heteroatoms. The number of allylic oxidation sites excluding steroid dienone is 1. The molecule has 1 aliphatic carbocycles. The largest absolute Gasteiger partial charge is 0.396 e. The van der Waals surface area contributed by atoms with Crippen molar-refractivity contribution in [3.05, 3.63) is 56.7 Å². The SMILES string of the molecule is CC.CN(Cc1cccs1)c1cc(Cl)nc2c(C#CCCCO)csc12.NC1CC=CCC1. The van der Waals surface area contributed by atoms with Gasteiger partial charge in [0.15, 0.2) is 0 Å². The fourth-order valence-corrected chi connectivity index (χ4v) is 5.15. The molecule has 0 radical (unpaired) electrons. The number of aliphatic hydroxyl groups is 1. The predicted octanol–water partition coefficient (Wildman–Crippen LogP) is 6.85. The number of nitrogens with two attached hydrogens (primary N) is 1. The summed E-state index contributed by atoms with van der Waals surface area (Å²) in [5.41, 5.74) is 8.42. The molecule has 3 aromatic heterocycles. The van der Waals surface area contributed by atoms with Crippen LogP contribution in [0.4, 0.5) is 5.69 Å². The average molecular weight is 504 g/mol. The second kappa shape index (κ2) is 15.1. The third kappa shape index (κ3) is 8.77. The van der Waals surface area contributed by atoms with Crippen molar-refractivity contribution in [2.75, 3.05) is 18.6 Å². The van der Waals surface area contributed by atoms with Crippen LogP contribution < -0.4 is 10.6 Å². The Morgan fingerprint density at radius 3 is 2.73 bits per heavy atom. The number of aromatic nitrogens is 1. The molecule has 1 atom stereocenters. The van der Waals surface area contributed by atoms with E-state index < -0.39 is 0 Å². The van der Waals surface area contributed by atoms with Gasteiger partial charge in [0.25, 0.3) is 0 Å². The molecule has 4 rings (SSSR count). The van der Waals surface area contributed by atoms with Gasteiger partial charge in [-0.15, -0.1) is 22.7 Å². The first kappa shape index (κ1) is 27.4. The summed E-state index contributed by atoms with van der Waals surface area (Å²) >= 11 is 9.64. The number of rotatable bonds is 5. The molecule has 0 aromatic carbocycles. The van der Waals surface area contributed by atoms with E-state index in [0.29, 0.717) is 24.0 Å². The summed E-state index contributed by atoms with van der Waals surface area (Å²) in [6.45, 7) is 5.00. The van der Waals surface area contributed by atoms with E-state index in [1.165, 1.54) is 17.7 Å². The lowest BCUT2D eigenvalue weighted by Gasteiger charge is -2.19. The summed E-state index contributed by atoms with van der Waals surface area (Å²) in [6, 6.07) is 6.56. The van der Waals surface area contributed by atoms with Crippen molar-refractivity contribution in [3.8, 4) is 11.8 Å². The lowest BCUT2D eigenvalue weighted by atomic mass is 10.0. The number of hydrogen-bond acceptors (Lipinski definition) is 6. The van der Waals surface area contributed by atoms with Gasteiger partial charge in [0.1, 0.15) is 10.7 Å². The summed E-state index contributed by atoms with van der Waals surface area (Å²) in [4.78, 5) is 7.97. The fraction of sp³-hybridized carbons (Fsp3) is 0.423. The second-order valence-electron chi connectivity index (χ2n) is 7.40. The van der Waals surface area contributed by atoms with Gasteiger partial charge in [0.05, 0.1) is 22.5 Å². The minimum absolute atomic E-state index is 0.167. The Labute approximate surface area is 211 Å². The van der Waals surface area contributed by atoms with Gasteiger partial charge in [0, 0.05) is 42.4 Å². The number of thiophene rings is 2. The van der Waals surface area contributed by atoms with Gasteiger partial charge in [-0.3, -0.25) is 0 Å². The van der Waals surface area contributed by atoms with Gasteiger partial charge in [-0.05, 0) is 37.1 Å². The van der Waals surface area contributed by atoms with Crippen LogP contribution in [0.1, 0.15) is 56.4 Å². The van der Waals surface area contributed by atoms with Gasteiger partial charge in [-0.1, -0.05) is 55.5 Å². The minimum atomic E-state index is 0.167. The highest BCUT2D eigenvalue weighted by Gasteiger charge is 2.14. The zero-order valence-electron chi connectivity index (χ0n) is 19.7. The van der Waals surface area contributed by atoms with E-state index in [0.717, 1.165) is 34.4 Å². The molecular weight excluding hydrogens is 470 g/mol. The lowest BCUT2D eigenvalue weighted by molar-refractivity contribution is 0.290. The smallest absolute Gasteiger partial charge is 0.131 e. The highest BCUT2D eigenvalue weighted by atomic mass is 35.5. The van der Waals surface area contributed by atoms with Gasteiger partial charge >= 0.3 is 0 Å². The summed E-state index contributed by atoms with van der Waals surface area (Å²) in [6.07, 6.45) is 9.17. The van der Waals surface area contributed by atoms with Crippen molar-refractivity contribution in [2.24, 2.45) is 5.73 Å². The van der Waals surface area contributed by atoms with Crippen LogP contribution in [0, 0.1) is 11.8 Å². The Kier molecular flexibility index (Phi) is 12.5. The molecule has 3 heterocycles. The molecule has 178 valence electrons. The van der Waals surface area contributed by atoms with Crippen LogP contribution in [0.5, 0.6) is 0 Å². The predicted molar refractivity (Wildman–Crippen MR) is 147 cm³/mol. The standard InChI is InChI=1S/C18H17ClN2OS2.C6H11N.C2H6/c1-21(11-14-7-5-9-23-14)15-10-16(19)20-17-13(12-24-18(15)17)6-3-2-4-8-22;7-6-4-2-1-3-5-6;1-2/h5,7,9-10,12,22H,2,4,8,11H2,1H3;1-2,6H,3-5,7H2;1-2H3. The summed E-state index contributed by atoms with van der Waals surface area (Å²) < 4.78 is 1.10. The van der Waals surface area contributed by atoms with Crippen molar-refractivity contribution >= 4 is 50.2 Å². The van der Waals surface area contributed by atoms with Gasteiger partial charge < -0.3 is 15.7 Å². The van der Waals surface area contributed by atoms with Crippen LogP contribution in [0.15, 0.2) is 41.1 Å². The molecule has 0 saturated heterocycles. The van der Waals surface area contributed by atoms with Gasteiger partial charge in [-0.2, -0.15) is 0 Å². The van der Waals surface area contributed by atoms with Crippen molar-refractivity contribution in [3.63, 3.8) is 0 Å². The van der Waals surface area contributed by atoms with Crippen molar-refractivity contribution in [1.82, 2.24) is 4.98 Å². The van der Waals surface area contributed by atoms with Crippen LogP contribution >= 0.6 is 34.3 Å². The van der Waals surface area contributed by atoms with E-state index in [4.69, 9.17) is 22.4 Å². The third-order valence-electron chi connectivity index (χ3n) is 4.85. The highest BCUT2D eigenvalue weighted by Crippen LogP contribution is 2.35. The molecule has 4 nitrogen and oxygen atoms in total. The van der Waals surface area contributed by atoms with E-state index >= 15 is 0 Å². The Balaban J connectivity index is 0.000000362. The Hall–Kier alpha value is -1.88. The molecule has 0 aliphatic heterocycles. The number of halogens is 1. The Bertz CT molecular complexity index is 1050. The fourth-order valence-electron chi connectivity index (χ4n) is 3.20.